The lowest BCUT2D eigenvalue weighted by Crippen LogP contribution is -2.32. The standard InChI is InChI=1S/C22H22N4O/c1-16-12-21(9-8-20(16)13-18(14-23)15-24)17(2)25-10-11-26-22(27)19-6-4-3-5-7-19/h3-9,12-13,17,25H,10-11H2,1-2H3,(H,26,27). The lowest BCUT2D eigenvalue weighted by molar-refractivity contribution is 0.0953. The molecule has 0 heterocycles. The Hall–Kier alpha value is -3.41. The van der Waals surface area contributed by atoms with E-state index in [2.05, 4.69) is 17.6 Å². The summed E-state index contributed by atoms with van der Waals surface area (Å²) in [7, 11) is 0. The molecule has 1 atom stereocenters. The van der Waals surface area contributed by atoms with E-state index < -0.39 is 0 Å². The summed E-state index contributed by atoms with van der Waals surface area (Å²) in [5, 5.41) is 24.0. The van der Waals surface area contributed by atoms with Crippen LogP contribution in [-0.4, -0.2) is 19.0 Å². The van der Waals surface area contributed by atoms with Crippen LogP contribution in [0.1, 0.15) is 40.0 Å². The Morgan fingerprint density at radius 3 is 2.44 bits per heavy atom. The molecule has 0 aromatic heterocycles. The van der Waals surface area contributed by atoms with Gasteiger partial charge in [-0.15, -0.1) is 0 Å². The minimum atomic E-state index is -0.0807. The molecule has 1 amide bonds. The SMILES string of the molecule is Cc1cc(C(C)NCCNC(=O)c2ccccc2)ccc1C=C(C#N)C#N. The minimum Gasteiger partial charge on any atom is -0.351 e. The van der Waals surface area contributed by atoms with Gasteiger partial charge < -0.3 is 10.6 Å². The molecule has 0 radical (unpaired) electrons. The first-order valence-corrected chi connectivity index (χ1v) is 8.74. The van der Waals surface area contributed by atoms with Gasteiger partial charge in [0.25, 0.3) is 5.91 Å². The molecule has 27 heavy (non-hydrogen) atoms. The van der Waals surface area contributed by atoms with Crippen LogP contribution in [0.2, 0.25) is 0 Å². The molecule has 0 aliphatic heterocycles. The summed E-state index contributed by atoms with van der Waals surface area (Å²) >= 11 is 0. The average molecular weight is 358 g/mol. The third kappa shape index (κ3) is 5.81. The van der Waals surface area contributed by atoms with Crippen LogP contribution < -0.4 is 10.6 Å². The number of hydrogen-bond donors (Lipinski definition) is 2. The molecular weight excluding hydrogens is 336 g/mol. The Morgan fingerprint density at radius 1 is 1.11 bits per heavy atom. The maximum Gasteiger partial charge on any atom is 0.251 e. The molecule has 0 saturated heterocycles. The zero-order valence-electron chi connectivity index (χ0n) is 15.5. The van der Waals surface area contributed by atoms with Crippen molar-refractivity contribution in [3.63, 3.8) is 0 Å². The van der Waals surface area contributed by atoms with Crippen LogP contribution in [0.3, 0.4) is 0 Å². The highest BCUT2D eigenvalue weighted by molar-refractivity contribution is 5.94. The smallest absolute Gasteiger partial charge is 0.251 e. The Labute approximate surface area is 159 Å². The molecule has 0 bridgehead atoms. The van der Waals surface area contributed by atoms with E-state index in [0.717, 1.165) is 16.7 Å². The quantitative estimate of drug-likeness (QED) is 0.585. The molecule has 1 unspecified atom stereocenters. The number of hydrogen-bond acceptors (Lipinski definition) is 4. The van der Waals surface area contributed by atoms with Crippen LogP contribution in [0, 0.1) is 29.6 Å². The van der Waals surface area contributed by atoms with Crippen LogP contribution in [0.4, 0.5) is 0 Å². The number of carbonyl (C=O) groups is 1. The molecule has 2 aromatic rings. The zero-order chi connectivity index (χ0) is 19.6. The van der Waals surface area contributed by atoms with E-state index in [-0.39, 0.29) is 17.5 Å². The number of benzene rings is 2. The van der Waals surface area contributed by atoms with E-state index in [1.165, 1.54) is 0 Å². The van der Waals surface area contributed by atoms with Gasteiger partial charge in [0.1, 0.15) is 17.7 Å². The van der Waals surface area contributed by atoms with Crippen LogP contribution in [0.25, 0.3) is 6.08 Å². The van der Waals surface area contributed by atoms with Crippen LogP contribution >= 0.6 is 0 Å². The summed E-state index contributed by atoms with van der Waals surface area (Å²) in [4.78, 5) is 12.0. The zero-order valence-corrected chi connectivity index (χ0v) is 15.5. The average Bonchev–Trinajstić information content (AvgIpc) is 2.70. The summed E-state index contributed by atoms with van der Waals surface area (Å²) in [6, 6.07) is 18.9. The van der Waals surface area contributed by atoms with Gasteiger partial charge in [0, 0.05) is 24.7 Å². The van der Waals surface area contributed by atoms with Crippen LogP contribution in [0.15, 0.2) is 54.1 Å². The fraction of sp³-hybridized carbons (Fsp3) is 0.227. The summed E-state index contributed by atoms with van der Waals surface area (Å²) in [5.74, 6) is -0.0807. The molecule has 136 valence electrons. The van der Waals surface area contributed by atoms with Gasteiger partial charge in [0.05, 0.1) is 0 Å². The van der Waals surface area contributed by atoms with E-state index in [1.54, 1.807) is 18.2 Å². The molecule has 2 rings (SSSR count). The normalized spacial score (nSPS) is 11.0. The number of carbonyl (C=O) groups excluding carboxylic acids is 1. The third-order valence-corrected chi connectivity index (χ3v) is 4.23. The van der Waals surface area contributed by atoms with Crippen molar-refractivity contribution < 1.29 is 4.79 Å². The molecule has 0 aliphatic rings. The predicted octanol–water partition coefficient (Wildman–Crippen LogP) is 3.51. The summed E-state index contributed by atoms with van der Waals surface area (Å²) in [5.41, 5.74) is 3.71. The van der Waals surface area contributed by atoms with Gasteiger partial charge >= 0.3 is 0 Å². The molecule has 5 nitrogen and oxygen atoms in total. The third-order valence-electron chi connectivity index (χ3n) is 4.23. The van der Waals surface area contributed by atoms with Crippen molar-refractivity contribution >= 4 is 12.0 Å². The second-order valence-corrected chi connectivity index (χ2v) is 6.20. The lowest BCUT2D eigenvalue weighted by atomic mass is 10.00. The topological polar surface area (TPSA) is 88.7 Å². The Morgan fingerprint density at radius 2 is 1.81 bits per heavy atom. The monoisotopic (exact) mass is 358 g/mol. The van der Waals surface area contributed by atoms with E-state index in [4.69, 9.17) is 10.5 Å². The lowest BCUT2D eigenvalue weighted by Gasteiger charge is -2.16. The molecule has 2 aromatic carbocycles. The van der Waals surface area contributed by atoms with Gasteiger partial charge in [-0.1, -0.05) is 36.4 Å². The van der Waals surface area contributed by atoms with Crippen molar-refractivity contribution in [2.75, 3.05) is 13.1 Å². The highest BCUT2D eigenvalue weighted by atomic mass is 16.1. The van der Waals surface area contributed by atoms with Gasteiger partial charge in [0.15, 0.2) is 0 Å². The molecule has 0 fully saturated rings. The highest BCUT2D eigenvalue weighted by Crippen LogP contribution is 2.19. The van der Waals surface area contributed by atoms with Crippen LogP contribution in [0.5, 0.6) is 0 Å². The number of nitrogens with zero attached hydrogens (tertiary/aromatic N) is 2. The number of nitrogens with one attached hydrogen (secondary N) is 2. The Kier molecular flexibility index (Phi) is 7.31. The first-order valence-electron chi connectivity index (χ1n) is 8.74. The first-order chi connectivity index (χ1) is 13.0. The predicted molar refractivity (Wildman–Crippen MR) is 106 cm³/mol. The molecule has 5 heteroatoms. The largest absolute Gasteiger partial charge is 0.351 e. The second-order valence-electron chi connectivity index (χ2n) is 6.20. The number of aryl methyl sites for hydroxylation is 1. The van der Waals surface area contributed by atoms with Gasteiger partial charge in [-0.25, -0.2) is 0 Å². The van der Waals surface area contributed by atoms with Gasteiger partial charge in [0.2, 0.25) is 0 Å². The molecule has 0 saturated carbocycles. The number of amides is 1. The summed E-state index contributed by atoms with van der Waals surface area (Å²) < 4.78 is 0. The first kappa shape index (κ1) is 19.9. The van der Waals surface area contributed by atoms with Crippen molar-refractivity contribution in [2.45, 2.75) is 19.9 Å². The van der Waals surface area contributed by atoms with E-state index in [1.807, 2.05) is 55.5 Å². The van der Waals surface area contributed by atoms with Crippen molar-refractivity contribution in [3.8, 4) is 12.1 Å². The van der Waals surface area contributed by atoms with E-state index >= 15 is 0 Å². The van der Waals surface area contributed by atoms with Crippen molar-refractivity contribution in [3.05, 3.63) is 76.4 Å². The van der Waals surface area contributed by atoms with Crippen molar-refractivity contribution in [1.29, 1.82) is 10.5 Å². The van der Waals surface area contributed by atoms with Gasteiger partial charge in [-0.2, -0.15) is 10.5 Å². The Bertz CT molecular complexity index is 888. The highest BCUT2D eigenvalue weighted by Gasteiger charge is 2.08. The van der Waals surface area contributed by atoms with E-state index in [0.29, 0.717) is 18.7 Å². The Balaban J connectivity index is 1.87. The number of allylic oxidation sites excluding steroid dienone is 1. The second kappa shape index (κ2) is 9.91. The van der Waals surface area contributed by atoms with E-state index in [9.17, 15) is 4.79 Å². The molecular formula is C22H22N4O. The fourth-order valence-electron chi connectivity index (χ4n) is 2.65. The van der Waals surface area contributed by atoms with Gasteiger partial charge in [-0.05, 0) is 48.7 Å². The summed E-state index contributed by atoms with van der Waals surface area (Å²) in [6.45, 7) is 5.19. The fourth-order valence-corrected chi connectivity index (χ4v) is 2.65. The van der Waals surface area contributed by atoms with Crippen molar-refractivity contribution in [2.24, 2.45) is 0 Å². The molecule has 0 aliphatic carbocycles. The minimum absolute atomic E-state index is 0.0807. The van der Waals surface area contributed by atoms with Crippen LogP contribution in [-0.2, 0) is 0 Å². The number of rotatable bonds is 7. The maximum atomic E-state index is 12.0. The number of nitriles is 2. The molecule has 2 N–H and O–H groups in total. The maximum absolute atomic E-state index is 12.0. The molecule has 0 spiro atoms. The van der Waals surface area contributed by atoms with Gasteiger partial charge in [-0.3, -0.25) is 4.79 Å². The summed E-state index contributed by atoms with van der Waals surface area (Å²) in [6.07, 6.45) is 1.59. The van der Waals surface area contributed by atoms with Crippen molar-refractivity contribution in [1.82, 2.24) is 10.6 Å².